The van der Waals surface area contributed by atoms with Gasteiger partial charge in [0, 0.05) is 47.5 Å². The lowest BCUT2D eigenvalue weighted by Gasteiger charge is -2.32. The average Bonchev–Trinajstić information content (AvgIpc) is 2.73. The minimum atomic E-state index is -0.0620. The summed E-state index contributed by atoms with van der Waals surface area (Å²) >= 11 is 0. The van der Waals surface area contributed by atoms with Crippen LogP contribution < -0.4 is 20.5 Å². The number of hydrogen-bond acceptors (Lipinski definition) is 4. The van der Waals surface area contributed by atoms with Crippen molar-refractivity contribution in [3.8, 4) is 5.75 Å². The highest BCUT2D eigenvalue weighted by Gasteiger charge is 2.16. The van der Waals surface area contributed by atoms with E-state index >= 15 is 0 Å². The highest BCUT2D eigenvalue weighted by molar-refractivity contribution is 5.80. The van der Waals surface area contributed by atoms with Crippen LogP contribution in [0.4, 0.5) is 11.4 Å². The number of piperidine rings is 1. The van der Waals surface area contributed by atoms with Crippen molar-refractivity contribution >= 4 is 22.3 Å². The van der Waals surface area contributed by atoms with Crippen molar-refractivity contribution in [2.24, 2.45) is 5.92 Å². The number of anilines is 2. The third-order valence-corrected chi connectivity index (χ3v) is 5.58. The largest absolute Gasteiger partial charge is 0.494 e. The van der Waals surface area contributed by atoms with Gasteiger partial charge in [0.1, 0.15) is 5.75 Å². The molecule has 5 heteroatoms. The van der Waals surface area contributed by atoms with Gasteiger partial charge in [-0.05, 0) is 74.2 Å². The van der Waals surface area contributed by atoms with Gasteiger partial charge >= 0.3 is 0 Å². The fourth-order valence-corrected chi connectivity index (χ4v) is 4.03. The lowest BCUT2D eigenvalue weighted by molar-refractivity contribution is 0.340. The van der Waals surface area contributed by atoms with Gasteiger partial charge in [-0.25, -0.2) is 0 Å². The molecule has 1 aromatic heterocycles. The summed E-state index contributed by atoms with van der Waals surface area (Å²) in [5.74, 6) is 1.57. The maximum Gasteiger partial charge on any atom is 0.253 e. The third-order valence-electron chi connectivity index (χ3n) is 5.58. The maximum absolute atomic E-state index is 12.4. The number of ether oxygens (including phenoxy) is 1. The van der Waals surface area contributed by atoms with E-state index in [-0.39, 0.29) is 5.56 Å². The Morgan fingerprint density at radius 1 is 1.17 bits per heavy atom. The van der Waals surface area contributed by atoms with Gasteiger partial charge in [-0.3, -0.25) is 4.79 Å². The van der Waals surface area contributed by atoms with Crippen molar-refractivity contribution in [3.05, 3.63) is 64.4 Å². The Balaban J connectivity index is 1.46. The second kappa shape index (κ2) is 8.60. The molecule has 152 valence electrons. The number of fused-ring (bicyclic) bond motifs is 1. The van der Waals surface area contributed by atoms with Gasteiger partial charge in [-0.15, -0.1) is 0 Å². The van der Waals surface area contributed by atoms with Crippen molar-refractivity contribution < 1.29 is 4.74 Å². The minimum absolute atomic E-state index is 0.0620. The molecule has 2 aromatic carbocycles. The topological polar surface area (TPSA) is 57.4 Å². The van der Waals surface area contributed by atoms with Gasteiger partial charge < -0.3 is 19.9 Å². The predicted octanol–water partition coefficient (Wildman–Crippen LogP) is 4.78. The zero-order chi connectivity index (χ0) is 20.2. The molecule has 1 unspecified atom stereocenters. The van der Waals surface area contributed by atoms with E-state index in [0.717, 1.165) is 41.3 Å². The van der Waals surface area contributed by atoms with Gasteiger partial charge in [-0.2, -0.15) is 0 Å². The minimum Gasteiger partial charge on any atom is -0.494 e. The first-order chi connectivity index (χ1) is 14.1. The number of aromatic amines is 1. The van der Waals surface area contributed by atoms with Crippen LogP contribution in [-0.4, -0.2) is 24.7 Å². The summed E-state index contributed by atoms with van der Waals surface area (Å²) in [5.41, 5.74) is 3.76. The molecule has 5 nitrogen and oxygen atoms in total. The molecule has 2 N–H and O–H groups in total. The number of hydrogen-bond donors (Lipinski definition) is 2. The second-order valence-electron chi connectivity index (χ2n) is 7.90. The van der Waals surface area contributed by atoms with Crippen molar-refractivity contribution in [1.82, 2.24) is 4.98 Å². The smallest absolute Gasteiger partial charge is 0.253 e. The summed E-state index contributed by atoms with van der Waals surface area (Å²) in [6, 6.07) is 16.2. The summed E-state index contributed by atoms with van der Waals surface area (Å²) < 4.78 is 5.57. The molecule has 1 atom stereocenters. The molecule has 1 fully saturated rings. The molecule has 4 rings (SSSR count). The number of nitrogens with zero attached hydrogens (tertiary/aromatic N) is 1. The number of rotatable bonds is 6. The Morgan fingerprint density at radius 3 is 2.76 bits per heavy atom. The molecule has 3 aromatic rings. The first-order valence-electron chi connectivity index (χ1n) is 10.5. The van der Waals surface area contributed by atoms with E-state index in [1.165, 1.54) is 18.5 Å². The van der Waals surface area contributed by atoms with Crippen LogP contribution in [0, 0.1) is 5.92 Å². The average molecular weight is 392 g/mol. The first-order valence-corrected chi connectivity index (χ1v) is 10.5. The second-order valence-corrected chi connectivity index (χ2v) is 7.90. The Hall–Kier alpha value is -2.95. The van der Waals surface area contributed by atoms with Crippen LogP contribution in [0.25, 0.3) is 10.9 Å². The van der Waals surface area contributed by atoms with Gasteiger partial charge in [-0.1, -0.05) is 6.92 Å². The SMILES string of the molecule is CCOc1ccc2[nH]c(=O)c(CNc3ccc(N4CCCC(C)C4)cc3)cc2c1. The van der Waals surface area contributed by atoms with E-state index in [9.17, 15) is 4.79 Å². The summed E-state index contributed by atoms with van der Waals surface area (Å²) in [5, 5.41) is 4.35. The quantitative estimate of drug-likeness (QED) is 0.635. The van der Waals surface area contributed by atoms with E-state index in [0.29, 0.717) is 18.7 Å². The van der Waals surface area contributed by atoms with E-state index in [4.69, 9.17) is 4.74 Å². The Kier molecular flexibility index (Phi) is 5.74. The third kappa shape index (κ3) is 4.56. The van der Waals surface area contributed by atoms with E-state index in [1.807, 2.05) is 31.2 Å². The molecular formula is C24H29N3O2. The highest BCUT2D eigenvalue weighted by Crippen LogP contribution is 2.24. The number of H-pyrrole nitrogens is 1. The molecule has 0 bridgehead atoms. The number of pyridine rings is 1. The monoisotopic (exact) mass is 391 g/mol. The number of nitrogens with one attached hydrogen (secondary N) is 2. The molecule has 0 aliphatic carbocycles. The molecular weight excluding hydrogens is 362 g/mol. The van der Waals surface area contributed by atoms with Gasteiger partial charge in [0.15, 0.2) is 0 Å². The maximum atomic E-state index is 12.4. The summed E-state index contributed by atoms with van der Waals surface area (Å²) in [6.45, 7) is 7.64. The van der Waals surface area contributed by atoms with Crippen LogP contribution in [0.15, 0.2) is 53.3 Å². The van der Waals surface area contributed by atoms with Crippen LogP contribution in [0.5, 0.6) is 5.75 Å². The zero-order valence-electron chi connectivity index (χ0n) is 17.2. The standard InChI is InChI=1S/C24H29N3O2/c1-3-29-22-10-11-23-18(14-22)13-19(24(28)26-23)15-25-20-6-8-21(9-7-20)27-12-4-5-17(2)16-27/h6-11,13-14,17,25H,3-5,12,15-16H2,1-2H3,(H,26,28). The van der Waals surface area contributed by atoms with Crippen LogP contribution in [0.1, 0.15) is 32.3 Å². The zero-order valence-corrected chi connectivity index (χ0v) is 17.2. The van der Waals surface area contributed by atoms with Crippen molar-refractivity contribution in [2.75, 3.05) is 29.9 Å². The molecule has 1 saturated heterocycles. The van der Waals surface area contributed by atoms with Gasteiger partial charge in [0.2, 0.25) is 0 Å². The summed E-state index contributed by atoms with van der Waals surface area (Å²) in [6.07, 6.45) is 2.58. The van der Waals surface area contributed by atoms with Crippen LogP contribution in [0.2, 0.25) is 0 Å². The molecule has 0 saturated carbocycles. The van der Waals surface area contributed by atoms with Gasteiger partial charge in [0.05, 0.1) is 6.61 Å². The molecule has 29 heavy (non-hydrogen) atoms. The first kappa shape index (κ1) is 19.4. The Bertz CT molecular complexity index is 1030. The predicted molar refractivity (Wildman–Crippen MR) is 120 cm³/mol. The molecule has 2 heterocycles. The molecule has 1 aliphatic rings. The Labute approximate surface area is 171 Å². The molecule has 0 spiro atoms. The number of aromatic nitrogens is 1. The summed E-state index contributed by atoms with van der Waals surface area (Å²) in [7, 11) is 0. The number of benzene rings is 2. The van der Waals surface area contributed by atoms with Crippen LogP contribution in [0.3, 0.4) is 0 Å². The lowest BCUT2D eigenvalue weighted by atomic mass is 10.00. The van der Waals surface area contributed by atoms with E-state index in [1.54, 1.807) is 0 Å². The highest BCUT2D eigenvalue weighted by atomic mass is 16.5. The van der Waals surface area contributed by atoms with Crippen LogP contribution in [-0.2, 0) is 6.54 Å². The normalized spacial score (nSPS) is 16.8. The van der Waals surface area contributed by atoms with E-state index in [2.05, 4.69) is 46.4 Å². The van der Waals surface area contributed by atoms with Crippen molar-refractivity contribution in [2.45, 2.75) is 33.2 Å². The molecule has 1 aliphatic heterocycles. The summed E-state index contributed by atoms with van der Waals surface area (Å²) in [4.78, 5) is 17.8. The molecule has 0 radical (unpaired) electrons. The van der Waals surface area contributed by atoms with E-state index < -0.39 is 0 Å². The Morgan fingerprint density at radius 2 is 2.00 bits per heavy atom. The molecule has 0 amide bonds. The van der Waals surface area contributed by atoms with Crippen molar-refractivity contribution in [3.63, 3.8) is 0 Å². The fourth-order valence-electron chi connectivity index (χ4n) is 4.03. The lowest BCUT2D eigenvalue weighted by Crippen LogP contribution is -2.34. The fraction of sp³-hybridized carbons (Fsp3) is 0.375. The van der Waals surface area contributed by atoms with Crippen molar-refractivity contribution in [1.29, 1.82) is 0 Å². The van der Waals surface area contributed by atoms with Crippen LogP contribution >= 0.6 is 0 Å². The van der Waals surface area contributed by atoms with Gasteiger partial charge in [0.25, 0.3) is 5.56 Å².